The van der Waals surface area contributed by atoms with Gasteiger partial charge in [0.2, 0.25) is 5.91 Å². The summed E-state index contributed by atoms with van der Waals surface area (Å²) in [6.07, 6.45) is 7.74. The van der Waals surface area contributed by atoms with E-state index in [1.807, 2.05) is 54.0 Å². The number of nitrogens with zero attached hydrogens (tertiary/aromatic N) is 3. The normalized spacial score (nSPS) is 25.0. The molecule has 2 aliphatic rings. The van der Waals surface area contributed by atoms with Crippen LogP contribution in [-0.2, 0) is 17.9 Å². The van der Waals surface area contributed by atoms with Crippen molar-refractivity contribution < 1.29 is 14.0 Å². The van der Waals surface area contributed by atoms with Crippen molar-refractivity contribution in [3.05, 3.63) is 66.3 Å². The molecule has 33 heavy (non-hydrogen) atoms. The first-order valence-electron chi connectivity index (χ1n) is 11.7. The molecule has 0 saturated heterocycles. The molecule has 172 valence electrons. The van der Waals surface area contributed by atoms with Gasteiger partial charge >= 0.3 is 0 Å². The van der Waals surface area contributed by atoms with Crippen molar-refractivity contribution >= 4 is 11.8 Å². The second kappa shape index (κ2) is 8.54. The number of amides is 2. The maximum absolute atomic E-state index is 13.8. The number of hydrogen-bond acceptors (Lipinski definition) is 4. The van der Waals surface area contributed by atoms with Crippen molar-refractivity contribution in [2.75, 3.05) is 0 Å². The minimum Gasteiger partial charge on any atom is -0.463 e. The molecule has 1 aliphatic heterocycles. The van der Waals surface area contributed by atoms with Crippen LogP contribution in [-0.4, -0.2) is 37.8 Å². The van der Waals surface area contributed by atoms with Gasteiger partial charge in [0.05, 0.1) is 30.7 Å². The molecule has 0 bridgehead atoms. The number of hydrogen-bond donors (Lipinski definition) is 1. The Balaban J connectivity index is 1.53. The summed E-state index contributed by atoms with van der Waals surface area (Å²) in [5, 5.41) is 3.30. The fraction of sp³-hybridized carbons (Fsp3) is 0.423. The summed E-state index contributed by atoms with van der Waals surface area (Å²) < 4.78 is 7.53. The largest absolute Gasteiger partial charge is 0.463 e. The van der Waals surface area contributed by atoms with Gasteiger partial charge in [0.1, 0.15) is 17.0 Å². The molecule has 4 heterocycles. The lowest BCUT2D eigenvalue weighted by atomic mass is 9.85. The van der Waals surface area contributed by atoms with Gasteiger partial charge in [0, 0.05) is 12.2 Å². The van der Waals surface area contributed by atoms with Crippen molar-refractivity contribution in [3.63, 3.8) is 0 Å². The van der Waals surface area contributed by atoms with Gasteiger partial charge in [0.25, 0.3) is 5.91 Å². The predicted molar refractivity (Wildman–Crippen MR) is 124 cm³/mol. The Hall–Kier alpha value is -3.35. The molecule has 5 rings (SSSR count). The third kappa shape index (κ3) is 3.86. The summed E-state index contributed by atoms with van der Waals surface area (Å²) in [6.45, 7) is 4.68. The molecule has 1 N–H and O–H groups in total. The standard InChI is InChI=1S/C26H30N4O3/c1-18-8-3-4-10-20(18)28-25(32)26(2)17-29-21(23-11-7-15-33-23)12-13-22(29)24(31)30(26)16-19-9-5-6-14-27-19/h5-7,9,11-15,18,20H,3-4,8,10,16-17H2,1-2H3,(H,28,32)/t18-,20+,26+/m1/s1. The molecule has 3 aromatic rings. The maximum atomic E-state index is 13.8. The smallest absolute Gasteiger partial charge is 0.271 e. The summed E-state index contributed by atoms with van der Waals surface area (Å²) in [6, 6.07) is 13.2. The second-order valence-corrected chi connectivity index (χ2v) is 9.50. The number of rotatable bonds is 5. The number of fused-ring (bicyclic) bond motifs is 1. The average molecular weight is 447 g/mol. The van der Waals surface area contributed by atoms with Crippen molar-refractivity contribution in [2.45, 2.75) is 64.2 Å². The first-order valence-corrected chi connectivity index (χ1v) is 11.7. The lowest BCUT2D eigenvalue weighted by Gasteiger charge is -2.45. The van der Waals surface area contributed by atoms with Crippen LogP contribution < -0.4 is 5.32 Å². The molecule has 7 nitrogen and oxygen atoms in total. The number of carbonyl (C=O) groups excluding carboxylic acids is 2. The minimum absolute atomic E-state index is 0.115. The van der Waals surface area contributed by atoms with Crippen LogP contribution in [0.5, 0.6) is 0 Å². The van der Waals surface area contributed by atoms with E-state index in [4.69, 9.17) is 4.42 Å². The third-order valence-electron chi connectivity index (χ3n) is 7.24. The van der Waals surface area contributed by atoms with Crippen molar-refractivity contribution in [1.82, 2.24) is 19.8 Å². The highest BCUT2D eigenvalue weighted by molar-refractivity contribution is 6.00. The van der Waals surface area contributed by atoms with Gasteiger partial charge in [-0.2, -0.15) is 0 Å². The fourth-order valence-corrected chi connectivity index (χ4v) is 5.17. The van der Waals surface area contributed by atoms with Crippen LogP contribution in [0.2, 0.25) is 0 Å². The zero-order valence-electron chi connectivity index (χ0n) is 19.2. The molecular formula is C26H30N4O3. The quantitative estimate of drug-likeness (QED) is 0.635. The van der Waals surface area contributed by atoms with E-state index in [0.29, 0.717) is 23.9 Å². The topological polar surface area (TPSA) is 80.4 Å². The van der Waals surface area contributed by atoms with Gasteiger partial charge < -0.3 is 19.2 Å². The number of pyridine rings is 1. The monoisotopic (exact) mass is 446 g/mol. The van der Waals surface area contributed by atoms with Gasteiger partial charge in [-0.15, -0.1) is 0 Å². The van der Waals surface area contributed by atoms with E-state index in [2.05, 4.69) is 17.2 Å². The lowest BCUT2D eigenvalue weighted by Crippen LogP contribution is -2.65. The van der Waals surface area contributed by atoms with E-state index in [1.54, 1.807) is 17.4 Å². The van der Waals surface area contributed by atoms with Crippen LogP contribution in [0.3, 0.4) is 0 Å². The first kappa shape index (κ1) is 21.5. The van der Waals surface area contributed by atoms with Crippen LogP contribution in [0, 0.1) is 5.92 Å². The molecule has 2 amide bonds. The van der Waals surface area contributed by atoms with Gasteiger partial charge in [0.15, 0.2) is 0 Å². The van der Waals surface area contributed by atoms with Crippen LogP contribution in [0.25, 0.3) is 11.5 Å². The molecular weight excluding hydrogens is 416 g/mol. The lowest BCUT2D eigenvalue weighted by molar-refractivity contribution is -0.134. The molecule has 1 saturated carbocycles. The first-order chi connectivity index (χ1) is 16.0. The summed E-state index contributed by atoms with van der Waals surface area (Å²) in [4.78, 5) is 33.7. The molecule has 0 unspecified atom stereocenters. The van der Waals surface area contributed by atoms with Crippen molar-refractivity contribution in [1.29, 1.82) is 0 Å². The highest BCUT2D eigenvalue weighted by Gasteiger charge is 2.48. The van der Waals surface area contributed by atoms with Gasteiger partial charge in [-0.25, -0.2) is 0 Å². The maximum Gasteiger partial charge on any atom is 0.271 e. The van der Waals surface area contributed by atoms with Crippen molar-refractivity contribution in [3.8, 4) is 11.5 Å². The van der Waals surface area contributed by atoms with Crippen molar-refractivity contribution in [2.24, 2.45) is 5.92 Å². The zero-order valence-corrected chi connectivity index (χ0v) is 19.2. The fourth-order valence-electron chi connectivity index (χ4n) is 5.17. The molecule has 0 aromatic carbocycles. The summed E-state index contributed by atoms with van der Waals surface area (Å²) >= 11 is 0. The van der Waals surface area contributed by atoms with E-state index in [9.17, 15) is 9.59 Å². The van der Waals surface area contributed by atoms with E-state index >= 15 is 0 Å². The Bertz CT molecular complexity index is 1140. The molecule has 7 heteroatoms. The summed E-state index contributed by atoms with van der Waals surface area (Å²) in [5.41, 5.74) is 1.03. The number of aromatic nitrogens is 2. The van der Waals surface area contributed by atoms with Crippen LogP contribution in [0.1, 0.15) is 55.7 Å². The molecule has 3 atom stereocenters. The highest BCUT2D eigenvalue weighted by atomic mass is 16.3. The molecule has 1 fully saturated rings. The van der Waals surface area contributed by atoms with Gasteiger partial charge in [-0.1, -0.05) is 25.8 Å². The summed E-state index contributed by atoms with van der Waals surface area (Å²) in [7, 11) is 0. The molecule has 0 spiro atoms. The van der Waals surface area contributed by atoms with Gasteiger partial charge in [-0.05, 0) is 62.1 Å². The summed E-state index contributed by atoms with van der Waals surface area (Å²) in [5.74, 6) is 0.806. The Morgan fingerprint density at radius 2 is 1.97 bits per heavy atom. The Kier molecular flexibility index (Phi) is 5.56. The van der Waals surface area contributed by atoms with Crippen LogP contribution in [0.4, 0.5) is 0 Å². The van der Waals surface area contributed by atoms with Crippen LogP contribution in [0.15, 0.2) is 59.3 Å². The minimum atomic E-state index is -1.07. The Labute approximate surface area is 193 Å². The van der Waals surface area contributed by atoms with E-state index in [-0.39, 0.29) is 24.4 Å². The number of furan rings is 1. The predicted octanol–water partition coefficient (Wildman–Crippen LogP) is 4.25. The van der Waals surface area contributed by atoms with E-state index in [0.717, 1.165) is 30.7 Å². The van der Waals surface area contributed by atoms with E-state index in [1.165, 1.54) is 6.42 Å². The SMILES string of the molecule is C[C@@H]1CCCC[C@@H]1NC(=O)[C@]1(C)Cn2c(ccc2-c2ccco2)C(=O)N1Cc1ccccn1. The molecule has 0 radical (unpaired) electrons. The van der Waals surface area contributed by atoms with Gasteiger partial charge in [-0.3, -0.25) is 14.6 Å². The second-order valence-electron chi connectivity index (χ2n) is 9.50. The van der Waals surface area contributed by atoms with E-state index < -0.39 is 5.54 Å². The average Bonchev–Trinajstić information content (AvgIpc) is 3.49. The zero-order chi connectivity index (χ0) is 23.0. The van der Waals surface area contributed by atoms with Crippen LogP contribution >= 0.6 is 0 Å². The molecule has 1 aliphatic carbocycles. The Morgan fingerprint density at radius 3 is 2.70 bits per heavy atom. The third-order valence-corrected chi connectivity index (χ3v) is 7.24. The number of carbonyl (C=O) groups is 2. The molecule has 3 aromatic heterocycles. The Morgan fingerprint density at radius 1 is 1.15 bits per heavy atom. The number of nitrogens with one attached hydrogen (secondary N) is 1. The highest BCUT2D eigenvalue weighted by Crippen LogP contribution is 2.35.